The van der Waals surface area contributed by atoms with Crippen LogP contribution in [0.5, 0.6) is 0 Å². The first-order chi connectivity index (χ1) is 11.4. The quantitative estimate of drug-likeness (QED) is 0.308. The molecular formula is C16H34CaO6P2+2. The summed E-state index contributed by atoms with van der Waals surface area (Å²) in [5, 5.41) is 0. The van der Waals surface area contributed by atoms with Crippen LogP contribution in [0, 0.1) is 11.8 Å². The molecule has 144 valence electrons. The second-order valence-corrected chi connectivity index (χ2v) is 7.28. The van der Waals surface area contributed by atoms with Gasteiger partial charge in [-0.3, -0.25) is 0 Å². The average molecular weight is 424 g/mol. The molecule has 0 aromatic heterocycles. The minimum absolute atomic E-state index is 0. The Hall–Kier alpha value is 1.30. The van der Waals surface area contributed by atoms with Crippen molar-refractivity contribution < 1.29 is 28.0 Å². The van der Waals surface area contributed by atoms with E-state index >= 15 is 0 Å². The zero-order valence-electron chi connectivity index (χ0n) is 16.3. The van der Waals surface area contributed by atoms with Gasteiger partial charge in [-0.1, -0.05) is 66.2 Å². The molecule has 0 bridgehead atoms. The smallest absolute Gasteiger partial charge is 0.566 e. The van der Waals surface area contributed by atoms with Crippen LogP contribution in [0.2, 0.25) is 0 Å². The molecule has 0 N–H and O–H groups in total. The molecule has 0 fully saturated rings. The van der Waals surface area contributed by atoms with Crippen LogP contribution in [0.3, 0.4) is 0 Å². The Morgan fingerprint density at radius 3 is 1.28 bits per heavy atom. The predicted molar refractivity (Wildman–Crippen MR) is 99.5 cm³/mol. The Balaban J connectivity index is -0.000000372. The third-order valence-corrected chi connectivity index (χ3v) is 4.64. The molecule has 0 rings (SSSR count). The van der Waals surface area contributed by atoms with Gasteiger partial charge in [0, 0.05) is 0 Å². The first-order valence-electron chi connectivity index (χ1n) is 8.95. The zero-order valence-corrected chi connectivity index (χ0v) is 20.3. The van der Waals surface area contributed by atoms with Crippen molar-refractivity contribution in [3.05, 3.63) is 0 Å². The summed E-state index contributed by atoms with van der Waals surface area (Å²) >= 11 is 0. The van der Waals surface area contributed by atoms with Crippen LogP contribution in [0.4, 0.5) is 0 Å². The van der Waals surface area contributed by atoms with E-state index in [1.54, 1.807) is 0 Å². The summed E-state index contributed by atoms with van der Waals surface area (Å²) in [4.78, 5) is 20.2. The van der Waals surface area contributed by atoms with E-state index < -0.39 is 16.5 Å². The second kappa shape index (κ2) is 23.3. The van der Waals surface area contributed by atoms with Crippen LogP contribution in [0.25, 0.3) is 0 Å². The molecule has 0 heterocycles. The minimum atomic E-state index is -2.65. The van der Waals surface area contributed by atoms with Crippen molar-refractivity contribution in [2.75, 3.05) is 13.2 Å². The number of hydrogen-bond acceptors (Lipinski definition) is 6. The third kappa shape index (κ3) is 25.3. The maximum Gasteiger partial charge on any atom is 2.00 e. The monoisotopic (exact) mass is 424 g/mol. The van der Waals surface area contributed by atoms with Gasteiger partial charge in [-0.2, -0.15) is 0 Å². The van der Waals surface area contributed by atoms with Crippen LogP contribution in [0.1, 0.15) is 79.1 Å². The number of unbranched alkanes of at least 4 members (excludes halogenated alkanes) is 2. The summed E-state index contributed by atoms with van der Waals surface area (Å²) in [6.07, 6.45) is 8.72. The molecule has 0 saturated carbocycles. The largest absolute Gasteiger partial charge is 2.00 e. The van der Waals surface area contributed by atoms with Crippen molar-refractivity contribution >= 4 is 54.2 Å². The van der Waals surface area contributed by atoms with Gasteiger partial charge in [-0.05, 0) is 33.8 Å². The van der Waals surface area contributed by atoms with Crippen molar-refractivity contribution in [1.82, 2.24) is 0 Å². The third-order valence-electron chi connectivity index (χ3n) is 3.92. The van der Waals surface area contributed by atoms with Gasteiger partial charge in [0.05, 0.1) is 0 Å². The van der Waals surface area contributed by atoms with Crippen LogP contribution < -0.4 is 9.79 Å². The molecule has 0 aliphatic carbocycles. The van der Waals surface area contributed by atoms with Crippen molar-refractivity contribution in [3.8, 4) is 0 Å². The van der Waals surface area contributed by atoms with Gasteiger partial charge in [-0.25, -0.2) is 0 Å². The molecule has 9 heteroatoms. The van der Waals surface area contributed by atoms with Gasteiger partial charge >= 0.3 is 54.2 Å². The van der Waals surface area contributed by atoms with Crippen LogP contribution in [0.15, 0.2) is 0 Å². The normalized spacial score (nSPS) is 13.8. The molecule has 0 aromatic carbocycles. The summed E-state index contributed by atoms with van der Waals surface area (Å²) in [7, 11) is -5.31. The summed E-state index contributed by atoms with van der Waals surface area (Å²) in [5.41, 5.74) is 0. The van der Waals surface area contributed by atoms with E-state index in [-0.39, 0.29) is 37.7 Å². The summed E-state index contributed by atoms with van der Waals surface area (Å²) < 4.78 is 29.3. The molecule has 0 aliphatic heterocycles. The molecule has 25 heavy (non-hydrogen) atoms. The minimum Gasteiger partial charge on any atom is -0.566 e. The van der Waals surface area contributed by atoms with Gasteiger partial charge in [0.2, 0.25) is 0 Å². The van der Waals surface area contributed by atoms with Gasteiger partial charge in [0.15, 0.2) is 0 Å². The standard InChI is InChI=1S/2C8H17O3P.Ca/c2*1-3-5-6-8(4-2)7-11-12(9)10;/h2*8H,3-7H2,1-2H3;/q;;+2. The van der Waals surface area contributed by atoms with Gasteiger partial charge in [0.1, 0.15) is 13.2 Å². The van der Waals surface area contributed by atoms with Crippen molar-refractivity contribution in [2.24, 2.45) is 11.8 Å². The maximum atomic E-state index is 10.1. The Morgan fingerprint density at radius 2 is 1.08 bits per heavy atom. The Morgan fingerprint density at radius 1 is 0.760 bits per heavy atom. The fourth-order valence-corrected chi connectivity index (χ4v) is 2.79. The Bertz CT molecular complexity index is 291. The van der Waals surface area contributed by atoms with Gasteiger partial charge in [0.25, 0.3) is 0 Å². The zero-order chi connectivity index (χ0) is 18.8. The maximum absolute atomic E-state index is 10.1. The molecule has 0 aromatic rings. The van der Waals surface area contributed by atoms with Crippen molar-refractivity contribution in [3.63, 3.8) is 0 Å². The molecule has 4 atom stereocenters. The molecule has 4 unspecified atom stereocenters. The predicted octanol–water partition coefficient (Wildman–Crippen LogP) is 4.09. The summed E-state index contributed by atoms with van der Waals surface area (Å²) in [6.45, 7) is 9.08. The molecule has 6 nitrogen and oxygen atoms in total. The fourth-order valence-electron chi connectivity index (χ4n) is 2.13. The van der Waals surface area contributed by atoms with E-state index in [2.05, 4.69) is 36.7 Å². The van der Waals surface area contributed by atoms with E-state index in [1.165, 1.54) is 0 Å². The summed E-state index contributed by atoms with van der Waals surface area (Å²) in [6, 6.07) is 0. The SMILES string of the molecule is CCCCC(CC)CO[P+](=O)[O-].CCCCC(CC)CO[P+](=O)[O-].[Ca+2]. The van der Waals surface area contributed by atoms with Crippen LogP contribution in [-0.4, -0.2) is 51.0 Å². The van der Waals surface area contributed by atoms with E-state index in [1.807, 2.05) is 0 Å². The van der Waals surface area contributed by atoms with Crippen molar-refractivity contribution in [1.29, 1.82) is 0 Å². The Labute approximate surface area is 185 Å². The second-order valence-electron chi connectivity index (χ2n) is 5.87. The number of hydrogen-bond donors (Lipinski definition) is 0. The van der Waals surface area contributed by atoms with Gasteiger partial charge < -0.3 is 9.79 Å². The molecule has 0 saturated heterocycles. The van der Waals surface area contributed by atoms with E-state index in [0.29, 0.717) is 25.0 Å². The van der Waals surface area contributed by atoms with Gasteiger partial charge in [-0.15, -0.1) is 9.05 Å². The Kier molecular flexibility index (Phi) is 28.9. The first-order valence-corrected chi connectivity index (χ1v) is 11.1. The van der Waals surface area contributed by atoms with Crippen LogP contribution >= 0.6 is 16.5 Å². The van der Waals surface area contributed by atoms with Crippen LogP contribution in [-0.2, 0) is 18.2 Å². The fraction of sp³-hybridized carbons (Fsp3) is 1.00. The van der Waals surface area contributed by atoms with Crippen molar-refractivity contribution in [2.45, 2.75) is 79.1 Å². The molecular weight excluding hydrogens is 390 g/mol. The first kappa shape index (κ1) is 31.0. The molecule has 0 amide bonds. The molecule has 0 aliphatic rings. The van der Waals surface area contributed by atoms with E-state index in [9.17, 15) is 18.9 Å². The number of rotatable bonds is 14. The average Bonchev–Trinajstić information content (AvgIpc) is 2.55. The van der Waals surface area contributed by atoms with E-state index in [4.69, 9.17) is 0 Å². The van der Waals surface area contributed by atoms with E-state index in [0.717, 1.165) is 51.4 Å². The molecule has 0 radical (unpaired) electrons. The molecule has 0 spiro atoms. The topological polar surface area (TPSA) is 98.7 Å². The summed E-state index contributed by atoms with van der Waals surface area (Å²) in [5.74, 6) is 0.802.